The summed E-state index contributed by atoms with van der Waals surface area (Å²) in [5.41, 5.74) is 1.19. The summed E-state index contributed by atoms with van der Waals surface area (Å²) in [6.45, 7) is 0.429. The van der Waals surface area contributed by atoms with E-state index in [0.717, 1.165) is 37.0 Å². The molecule has 0 aromatic heterocycles. The maximum atomic E-state index is 12.4. The van der Waals surface area contributed by atoms with Crippen molar-refractivity contribution in [2.75, 3.05) is 19.8 Å². The molecule has 4 heteroatoms. The molecule has 1 aliphatic rings. The average molecular weight is 293 g/mol. The summed E-state index contributed by atoms with van der Waals surface area (Å²) in [5, 5.41) is 10.4. The van der Waals surface area contributed by atoms with E-state index in [9.17, 15) is 9.90 Å². The zero-order valence-electron chi connectivity index (χ0n) is 12.3. The van der Waals surface area contributed by atoms with Crippen LogP contribution in [0.3, 0.4) is 0 Å². The van der Waals surface area contributed by atoms with E-state index in [2.05, 4.69) is 6.26 Å². The summed E-state index contributed by atoms with van der Waals surface area (Å²) in [5.74, 6) is 0.905. The normalized spacial score (nSPS) is 17.1. The van der Waals surface area contributed by atoms with Crippen molar-refractivity contribution in [2.45, 2.75) is 37.0 Å². The predicted molar refractivity (Wildman–Crippen MR) is 84.0 cm³/mol. The first kappa shape index (κ1) is 15.4. The highest BCUT2D eigenvalue weighted by Crippen LogP contribution is 2.30. The maximum absolute atomic E-state index is 12.4. The second kappa shape index (κ2) is 6.64. The molecule has 2 rings (SSSR count). The highest BCUT2D eigenvalue weighted by Gasteiger charge is 2.33. The van der Waals surface area contributed by atoms with Crippen molar-refractivity contribution < 1.29 is 9.90 Å². The van der Waals surface area contributed by atoms with E-state index in [1.54, 1.807) is 23.7 Å². The monoisotopic (exact) mass is 293 g/mol. The van der Waals surface area contributed by atoms with E-state index in [-0.39, 0.29) is 5.91 Å². The lowest BCUT2D eigenvalue weighted by atomic mass is 10.0. The van der Waals surface area contributed by atoms with Crippen LogP contribution in [-0.4, -0.2) is 41.4 Å². The Bertz CT molecular complexity index is 469. The maximum Gasteiger partial charge on any atom is 0.253 e. The van der Waals surface area contributed by atoms with Gasteiger partial charge in [0.1, 0.15) is 0 Å². The molecule has 0 radical (unpaired) electrons. The second-order valence-electron chi connectivity index (χ2n) is 5.73. The quantitative estimate of drug-likeness (QED) is 0.907. The van der Waals surface area contributed by atoms with Crippen molar-refractivity contribution >= 4 is 17.7 Å². The Kier molecular flexibility index (Phi) is 5.11. The summed E-state index contributed by atoms with van der Waals surface area (Å²) in [4.78, 5) is 14.1. The zero-order valence-corrected chi connectivity index (χ0v) is 13.1. The van der Waals surface area contributed by atoms with Gasteiger partial charge in [-0.25, -0.2) is 0 Å². The number of thioether (sulfide) groups is 1. The van der Waals surface area contributed by atoms with E-state index in [1.807, 2.05) is 24.3 Å². The lowest BCUT2D eigenvalue weighted by Crippen LogP contribution is -2.42. The van der Waals surface area contributed by atoms with Gasteiger partial charge < -0.3 is 10.0 Å². The minimum absolute atomic E-state index is 0.00622. The highest BCUT2D eigenvalue weighted by atomic mass is 32.2. The van der Waals surface area contributed by atoms with Gasteiger partial charge in [0.05, 0.1) is 5.60 Å². The van der Waals surface area contributed by atoms with Gasteiger partial charge in [-0.15, -0.1) is 0 Å². The van der Waals surface area contributed by atoms with Crippen LogP contribution in [0.4, 0.5) is 0 Å². The Labute approximate surface area is 125 Å². The molecule has 0 unspecified atom stereocenters. The molecule has 1 fully saturated rings. The van der Waals surface area contributed by atoms with Gasteiger partial charge >= 0.3 is 0 Å². The fourth-order valence-electron chi connectivity index (χ4n) is 2.89. The fourth-order valence-corrected chi connectivity index (χ4v) is 3.40. The lowest BCUT2D eigenvalue weighted by Gasteiger charge is -2.28. The van der Waals surface area contributed by atoms with Crippen molar-refractivity contribution in [1.82, 2.24) is 4.90 Å². The predicted octanol–water partition coefficient (Wildman–Crippen LogP) is 2.93. The number of carbonyl (C=O) groups excluding carboxylic acids is 1. The molecule has 1 saturated carbocycles. The first-order valence-electron chi connectivity index (χ1n) is 7.10. The second-order valence-corrected chi connectivity index (χ2v) is 6.59. The molecule has 0 heterocycles. The van der Waals surface area contributed by atoms with E-state index < -0.39 is 5.60 Å². The molecule has 20 heavy (non-hydrogen) atoms. The van der Waals surface area contributed by atoms with E-state index in [4.69, 9.17) is 0 Å². The topological polar surface area (TPSA) is 40.5 Å². The molecule has 3 nitrogen and oxygen atoms in total. The highest BCUT2D eigenvalue weighted by molar-refractivity contribution is 7.97. The Morgan fingerprint density at radius 3 is 2.75 bits per heavy atom. The summed E-state index contributed by atoms with van der Waals surface area (Å²) in [7, 11) is 1.78. The smallest absolute Gasteiger partial charge is 0.253 e. The lowest BCUT2D eigenvalue weighted by molar-refractivity contribution is 0.0157. The van der Waals surface area contributed by atoms with Gasteiger partial charge in [0.15, 0.2) is 0 Å². The van der Waals surface area contributed by atoms with Crippen LogP contribution < -0.4 is 0 Å². The van der Waals surface area contributed by atoms with Crippen LogP contribution in [0.1, 0.15) is 41.6 Å². The summed E-state index contributed by atoms with van der Waals surface area (Å²) < 4.78 is 0. The van der Waals surface area contributed by atoms with Crippen LogP contribution in [0, 0.1) is 0 Å². The Balaban J connectivity index is 2.04. The molecule has 110 valence electrons. The van der Waals surface area contributed by atoms with Crippen LogP contribution in [0.5, 0.6) is 0 Å². The summed E-state index contributed by atoms with van der Waals surface area (Å²) in [6.07, 6.45) is 5.77. The van der Waals surface area contributed by atoms with Crippen molar-refractivity contribution in [3.63, 3.8) is 0 Å². The molecule has 0 atom stereocenters. The van der Waals surface area contributed by atoms with Gasteiger partial charge in [-0.05, 0) is 36.8 Å². The molecule has 1 aromatic carbocycles. The largest absolute Gasteiger partial charge is 0.388 e. The Hall–Kier alpha value is -1.00. The number of hydrogen-bond donors (Lipinski definition) is 1. The molecule has 1 amide bonds. The number of rotatable bonds is 5. The number of benzene rings is 1. The molecule has 1 N–H and O–H groups in total. The van der Waals surface area contributed by atoms with Crippen LogP contribution >= 0.6 is 11.8 Å². The summed E-state index contributed by atoms with van der Waals surface area (Å²) in [6, 6.07) is 7.77. The number of likely N-dealkylation sites (N-methyl/N-ethyl adjacent to an activating group) is 1. The third kappa shape index (κ3) is 3.76. The van der Waals surface area contributed by atoms with Crippen LogP contribution in [0.15, 0.2) is 24.3 Å². The first-order chi connectivity index (χ1) is 9.54. The average Bonchev–Trinajstić information content (AvgIpc) is 2.85. The molecule has 1 aliphatic carbocycles. The van der Waals surface area contributed by atoms with E-state index in [1.165, 1.54) is 0 Å². The third-order valence-corrected chi connectivity index (χ3v) is 4.52. The van der Waals surface area contributed by atoms with E-state index >= 15 is 0 Å². The van der Waals surface area contributed by atoms with Crippen molar-refractivity contribution in [1.29, 1.82) is 0 Å². The van der Waals surface area contributed by atoms with Crippen molar-refractivity contribution in [2.24, 2.45) is 0 Å². The molecule has 0 spiro atoms. The molecule has 0 saturated heterocycles. The number of nitrogens with zero attached hydrogens (tertiary/aromatic N) is 1. The number of hydrogen-bond acceptors (Lipinski definition) is 3. The minimum atomic E-state index is -0.679. The molecular weight excluding hydrogens is 270 g/mol. The van der Waals surface area contributed by atoms with Crippen molar-refractivity contribution in [3.05, 3.63) is 35.4 Å². The van der Waals surface area contributed by atoms with E-state index in [0.29, 0.717) is 12.1 Å². The number of carbonyl (C=O) groups is 1. The third-order valence-electron chi connectivity index (χ3n) is 3.90. The van der Waals surface area contributed by atoms with Crippen LogP contribution in [0.2, 0.25) is 0 Å². The summed E-state index contributed by atoms with van der Waals surface area (Å²) >= 11 is 1.74. The van der Waals surface area contributed by atoms with Gasteiger partial charge in [0.2, 0.25) is 0 Å². The van der Waals surface area contributed by atoms with Gasteiger partial charge in [-0.2, -0.15) is 11.8 Å². The SMILES string of the molecule is CSCc1cccc(C(=O)N(C)CC2(O)CCCC2)c1. The number of amides is 1. The van der Waals surface area contributed by atoms with Gasteiger partial charge in [-0.3, -0.25) is 4.79 Å². The van der Waals surface area contributed by atoms with Crippen LogP contribution in [0.25, 0.3) is 0 Å². The first-order valence-corrected chi connectivity index (χ1v) is 8.49. The molecule has 0 bridgehead atoms. The molecule has 0 aliphatic heterocycles. The van der Waals surface area contributed by atoms with Crippen LogP contribution in [-0.2, 0) is 5.75 Å². The molecule has 1 aromatic rings. The zero-order chi connectivity index (χ0) is 14.6. The van der Waals surface area contributed by atoms with Gasteiger partial charge in [0, 0.05) is 24.9 Å². The van der Waals surface area contributed by atoms with Crippen molar-refractivity contribution in [3.8, 4) is 0 Å². The number of aliphatic hydroxyl groups is 1. The fraction of sp³-hybridized carbons (Fsp3) is 0.562. The molecular formula is C16H23NO2S. The van der Waals surface area contributed by atoms with Gasteiger partial charge in [-0.1, -0.05) is 25.0 Å². The Morgan fingerprint density at radius 2 is 2.10 bits per heavy atom. The standard InChI is InChI=1S/C16H23NO2S/c1-17(12-16(19)8-3-4-9-16)15(18)14-7-5-6-13(10-14)11-20-2/h5-7,10,19H,3-4,8-9,11-12H2,1-2H3. The minimum Gasteiger partial charge on any atom is -0.388 e. The Morgan fingerprint density at radius 1 is 1.40 bits per heavy atom. The van der Waals surface area contributed by atoms with Gasteiger partial charge in [0.25, 0.3) is 5.91 Å².